The largest absolute Gasteiger partial charge is 0.381 e. The minimum Gasteiger partial charge on any atom is -0.381 e. The summed E-state index contributed by atoms with van der Waals surface area (Å²) in [7, 11) is 1.79. The third-order valence-corrected chi connectivity index (χ3v) is 1.91. The van der Waals surface area contributed by atoms with E-state index in [0.29, 0.717) is 12.1 Å². The van der Waals surface area contributed by atoms with Gasteiger partial charge < -0.3 is 10.1 Å². The lowest BCUT2D eigenvalue weighted by Crippen LogP contribution is -2.38. The molecule has 1 aliphatic heterocycles. The van der Waals surface area contributed by atoms with Gasteiger partial charge in [0, 0.05) is 13.2 Å². The Morgan fingerprint density at radius 3 is 2.60 bits per heavy atom. The van der Waals surface area contributed by atoms with Crippen LogP contribution in [-0.2, 0) is 4.74 Å². The highest BCUT2D eigenvalue weighted by molar-refractivity contribution is 5.85. The molecule has 62 valence electrons. The van der Waals surface area contributed by atoms with Crippen LogP contribution >= 0.6 is 12.4 Å². The normalized spacial score (nSPS) is 33.0. The van der Waals surface area contributed by atoms with Crippen LogP contribution in [0.2, 0.25) is 0 Å². The molecule has 1 rings (SSSR count). The van der Waals surface area contributed by atoms with Gasteiger partial charge in [0.15, 0.2) is 0 Å². The number of nitrogens with one attached hydrogen (secondary N) is 1. The molecule has 10 heavy (non-hydrogen) atoms. The van der Waals surface area contributed by atoms with Gasteiger partial charge in [0.1, 0.15) is 0 Å². The van der Waals surface area contributed by atoms with E-state index in [1.165, 1.54) is 6.42 Å². The maximum Gasteiger partial charge on any atom is 0.0598 e. The second-order valence-electron chi connectivity index (χ2n) is 2.74. The third kappa shape index (κ3) is 2.86. The minimum absolute atomic E-state index is 0. The van der Waals surface area contributed by atoms with Gasteiger partial charge in [-0.2, -0.15) is 0 Å². The Morgan fingerprint density at radius 2 is 2.20 bits per heavy atom. The Balaban J connectivity index is 0.000000810. The Labute approximate surface area is 68.7 Å². The fraction of sp³-hybridized carbons (Fsp3) is 1.00. The van der Waals surface area contributed by atoms with Gasteiger partial charge in [-0.3, -0.25) is 0 Å². The van der Waals surface area contributed by atoms with E-state index in [0.717, 1.165) is 13.0 Å². The number of methoxy groups -OCH3 is 1. The zero-order valence-electron chi connectivity index (χ0n) is 6.59. The highest BCUT2D eigenvalue weighted by Crippen LogP contribution is 2.10. The number of piperidine rings is 1. The molecule has 0 aliphatic carbocycles. The molecule has 1 aliphatic rings. The van der Waals surface area contributed by atoms with Crippen molar-refractivity contribution >= 4 is 12.4 Å². The summed E-state index contributed by atoms with van der Waals surface area (Å²) in [5, 5.41) is 3.37. The van der Waals surface area contributed by atoms with E-state index in [1.54, 1.807) is 7.11 Å². The molecule has 2 atom stereocenters. The molecule has 0 unspecified atom stereocenters. The van der Waals surface area contributed by atoms with Crippen LogP contribution in [0, 0.1) is 0 Å². The van der Waals surface area contributed by atoms with Crippen LogP contribution in [0.4, 0.5) is 0 Å². The highest BCUT2D eigenvalue weighted by Gasteiger charge is 2.16. The van der Waals surface area contributed by atoms with Crippen molar-refractivity contribution in [3.63, 3.8) is 0 Å². The topological polar surface area (TPSA) is 21.3 Å². The van der Waals surface area contributed by atoms with Crippen LogP contribution in [0.5, 0.6) is 0 Å². The lowest BCUT2D eigenvalue weighted by atomic mass is 10.0. The van der Waals surface area contributed by atoms with Crippen LogP contribution in [0.15, 0.2) is 0 Å². The van der Waals surface area contributed by atoms with Crippen molar-refractivity contribution in [2.24, 2.45) is 0 Å². The molecule has 0 saturated carbocycles. The molecule has 3 heteroatoms. The fourth-order valence-corrected chi connectivity index (χ4v) is 1.30. The molecule has 0 amide bonds. The number of hydrogen-bond donors (Lipinski definition) is 1. The third-order valence-electron chi connectivity index (χ3n) is 1.91. The first-order valence-electron chi connectivity index (χ1n) is 3.59. The Bertz CT molecular complexity index is 89.7. The van der Waals surface area contributed by atoms with E-state index in [9.17, 15) is 0 Å². The Kier molecular flexibility index (Phi) is 5.04. The lowest BCUT2D eigenvalue weighted by molar-refractivity contribution is 0.0647. The van der Waals surface area contributed by atoms with Crippen molar-refractivity contribution in [2.75, 3.05) is 13.7 Å². The van der Waals surface area contributed by atoms with Gasteiger partial charge in [-0.15, -0.1) is 12.4 Å². The van der Waals surface area contributed by atoms with Gasteiger partial charge in [-0.25, -0.2) is 0 Å². The van der Waals surface area contributed by atoms with Gasteiger partial charge in [0.05, 0.1) is 6.10 Å². The second-order valence-corrected chi connectivity index (χ2v) is 2.74. The Hall–Kier alpha value is 0.210. The van der Waals surface area contributed by atoms with Crippen molar-refractivity contribution in [1.29, 1.82) is 0 Å². The van der Waals surface area contributed by atoms with Crippen molar-refractivity contribution < 1.29 is 4.74 Å². The molecule has 0 bridgehead atoms. The molecule has 2 nitrogen and oxygen atoms in total. The summed E-state index contributed by atoms with van der Waals surface area (Å²) in [4.78, 5) is 0. The summed E-state index contributed by atoms with van der Waals surface area (Å²) in [5.74, 6) is 0. The fourth-order valence-electron chi connectivity index (χ4n) is 1.30. The molecule has 0 aromatic heterocycles. The van der Waals surface area contributed by atoms with Gasteiger partial charge in [0.2, 0.25) is 0 Å². The van der Waals surface area contributed by atoms with Crippen LogP contribution in [0.25, 0.3) is 0 Å². The monoisotopic (exact) mass is 165 g/mol. The summed E-state index contributed by atoms with van der Waals surface area (Å²) in [5.41, 5.74) is 0. The molecular formula is C7H16ClNO. The molecule has 1 saturated heterocycles. The summed E-state index contributed by atoms with van der Waals surface area (Å²) in [6.45, 7) is 3.31. The number of ether oxygens (including phenoxy) is 1. The van der Waals surface area contributed by atoms with Crippen LogP contribution < -0.4 is 5.32 Å². The predicted molar refractivity (Wildman–Crippen MR) is 44.7 cm³/mol. The average Bonchev–Trinajstić information content (AvgIpc) is 1.88. The van der Waals surface area contributed by atoms with Crippen molar-refractivity contribution in [2.45, 2.75) is 31.9 Å². The summed E-state index contributed by atoms with van der Waals surface area (Å²) < 4.78 is 5.22. The van der Waals surface area contributed by atoms with E-state index in [1.807, 2.05) is 0 Å². The smallest absolute Gasteiger partial charge is 0.0598 e. The van der Waals surface area contributed by atoms with E-state index in [4.69, 9.17) is 4.74 Å². The number of rotatable bonds is 1. The molecular weight excluding hydrogens is 150 g/mol. The maximum atomic E-state index is 5.22. The number of hydrogen-bond acceptors (Lipinski definition) is 2. The molecule has 1 N–H and O–H groups in total. The standard InChI is InChI=1S/C7H15NO.ClH/c1-6-5-7(9-2)3-4-8-6;/h6-8H,3-5H2,1-2H3;1H/t6-,7-;/m1./s1. The SMILES string of the molecule is CO[C@@H]1CCN[C@H](C)C1.Cl. The van der Waals surface area contributed by atoms with Crippen LogP contribution in [0.1, 0.15) is 19.8 Å². The van der Waals surface area contributed by atoms with Gasteiger partial charge in [0.25, 0.3) is 0 Å². The maximum absolute atomic E-state index is 5.22. The molecule has 0 radical (unpaired) electrons. The molecule has 1 heterocycles. The summed E-state index contributed by atoms with van der Waals surface area (Å²) in [6.07, 6.45) is 2.83. The highest BCUT2D eigenvalue weighted by atomic mass is 35.5. The van der Waals surface area contributed by atoms with Crippen molar-refractivity contribution in [3.8, 4) is 0 Å². The number of halogens is 1. The second kappa shape index (κ2) is 4.94. The van der Waals surface area contributed by atoms with Gasteiger partial charge in [-0.05, 0) is 26.3 Å². The first kappa shape index (κ1) is 10.2. The predicted octanol–water partition coefficient (Wildman–Crippen LogP) is 1.20. The molecule has 0 spiro atoms. The Morgan fingerprint density at radius 1 is 1.50 bits per heavy atom. The van der Waals surface area contributed by atoms with Crippen molar-refractivity contribution in [3.05, 3.63) is 0 Å². The van der Waals surface area contributed by atoms with E-state index < -0.39 is 0 Å². The summed E-state index contributed by atoms with van der Waals surface area (Å²) in [6, 6.07) is 0.642. The van der Waals surface area contributed by atoms with Crippen LogP contribution in [0.3, 0.4) is 0 Å². The molecule has 1 fully saturated rings. The minimum atomic E-state index is 0. The molecule has 0 aromatic rings. The first-order chi connectivity index (χ1) is 4.33. The van der Waals surface area contributed by atoms with Gasteiger partial charge in [-0.1, -0.05) is 0 Å². The van der Waals surface area contributed by atoms with Crippen molar-refractivity contribution in [1.82, 2.24) is 5.32 Å². The van der Waals surface area contributed by atoms with Crippen LogP contribution in [-0.4, -0.2) is 25.8 Å². The van der Waals surface area contributed by atoms with Gasteiger partial charge >= 0.3 is 0 Å². The quantitative estimate of drug-likeness (QED) is 0.631. The van der Waals surface area contributed by atoms with E-state index in [-0.39, 0.29) is 12.4 Å². The van der Waals surface area contributed by atoms with E-state index >= 15 is 0 Å². The zero-order valence-corrected chi connectivity index (χ0v) is 7.41. The first-order valence-corrected chi connectivity index (χ1v) is 3.59. The molecule has 0 aromatic carbocycles. The van der Waals surface area contributed by atoms with E-state index in [2.05, 4.69) is 12.2 Å². The lowest BCUT2D eigenvalue weighted by Gasteiger charge is -2.26. The average molecular weight is 166 g/mol. The summed E-state index contributed by atoms with van der Waals surface area (Å²) >= 11 is 0. The zero-order chi connectivity index (χ0) is 6.69.